The topological polar surface area (TPSA) is 69.6 Å². The van der Waals surface area contributed by atoms with Crippen LogP contribution >= 0.6 is 11.6 Å². The largest absolute Gasteiger partial charge is 0.508 e. The van der Waals surface area contributed by atoms with Gasteiger partial charge in [-0.3, -0.25) is 4.79 Å². The minimum absolute atomic E-state index is 0.00806. The lowest BCUT2D eigenvalue weighted by molar-refractivity contribution is 0.0945. The molecule has 0 unspecified atom stereocenters. The lowest BCUT2D eigenvalue weighted by Crippen LogP contribution is -2.26. The molecule has 0 saturated heterocycles. The van der Waals surface area contributed by atoms with Gasteiger partial charge in [0.15, 0.2) is 0 Å². The van der Waals surface area contributed by atoms with Gasteiger partial charge in [-0.2, -0.15) is 0 Å². The third-order valence-corrected chi connectivity index (χ3v) is 1.91. The minimum Gasteiger partial charge on any atom is -0.508 e. The summed E-state index contributed by atoms with van der Waals surface area (Å²) in [7, 11) is 0. The second-order valence-corrected chi connectivity index (χ2v) is 3.05. The molecule has 0 aromatic heterocycles. The van der Waals surface area contributed by atoms with Crippen molar-refractivity contribution in [2.75, 3.05) is 13.2 Å². The van der Waals surface area contributed by atoms with Gasteiger partial charge in [-0.15, -0.1) is 0 Å². The van der Waals surface area contributed by atoms with E-state index < -0.39 is 0 Å². The van der Waals surface area contributed by atoms with E-state index in [1.165, 1.54) is 18.2 Å². The highest BCUT2D eigenvalue weighted by Gasteiger charge is 2.09. The number of amides is 1. The fraction of sp³-hybridized carbons (Fsp3) is 0.222. The van der Waals surface area contributed by atoms with Gasteiger partial charge in [-0.1, -0.05) is 11.6 Å². The predicted molar refractivity (Wildman–Crippen MR) is 52.5 cm³/mol. The average molecular weight is 216 g/mol. The summed E-state index contributed by atoms with van der Waals surface area (Å²) < 4.78 is 0. The number of rotatable bonds is 3. The van der Waals surface area contributed by atoms with Crippen LogP contribution < -0.4 is 5.32 Å². The van der Waals surface area contributed by atoms with Crippen LogP contribution in [0, 0.1) is 0 Å². The molecule has 1 rings (SSSR count). The Bertz CT molecular complexity index is 341. The Kier molecular flexibility index (Phi) is 3.73. The molecule has 5 heteroatoms. The van der Waals surface area contributed by atoms with Crippen molar-refractivity contribution in [3.05, 3.63) is 28.8 Å². The van der Waals surface area contributed by atoms with Gasteiger partial charge in [0.1, 0.15) is 5.75 Å². The Hall–Kier alpha value is -1.26. The van der Waals surface area contributed by atoms with Crippen LogP contribution in [0.5, 0.6) is 5.75 Å². The zero-order valence-corrected chi connectivity index (χ0v) is 8.08. The van der Waals surface area contributed by atoms with Crippen LogP contribution in [0.2, 0.25) is 5.02 Å². The first kappa shape index (κ1) is 10.8. The van der Waals surface area contributed by atoms with Crippen molar-refractivity contribution in [1.29, 1.82) is 0 Å². The van der Waals surface area contributed by atoms with Crippen molar-refractivity contribution in [2.45, 2.75) is 0 Å². The molecule has 1 aromatic rings. The van der Waals surface area contributed by atoms with E-state index in [-0.39, 0.29) is 35.4 Å². The number of aromatic hydroxyl groups is 1. The molecule has 0 saturated carbocycles. The second kappa shape index (κ2) is 4.83. The first-order valence-corrected chi connectivity index (χ1v) is 4.40. The van der Waals surface area contributed by atoms with E-state index in [4.69, 9.17) is 21.8 Å². The highest BCUT2D eigenvalue weighted by Crippen LogP contribution is 2.21. The molecule has 0 fully saturated rings. The van der Waals surface area contributed by atoms with Gasteiger partial charge in [0.2, 0.25) is 0 Å². The molecule has 4 nitrogen and oxygen atoms in total. The summed E-state index contributed by atoms with van der Waals surface area (Å²) in [5, 5.41) is 20.2. The lowest BCUT2D eigenvalue weighted by atomic mass is 10.2. The summed E-state index contributed by atoms with van der Waals surface area (Å²) in [5.74, 6) is -0.363. The van der Waals surface area contributed by atoms with Crippen molar-refractivity contribution < 1.29 is 15.0 Å². The molecular formula is C9H10ClNO3. The number of carbonyl (C=O) groups is 1. The van der Waals surface area contributed by atoms with Crippen LogP contribution in [0.3, 0.4) is 0 Å². The maximum atomic E-state index is 11.3. The molecule has 0 bridgehead atoms. The molecule has 0 heterocycles. The van der Waals surface area contributed by atoms with Crippen molar-refractivity contribution in [2.24, 2.45) is 0 Å². The summed E-state index contributed by atoms with van der Waals surface area (Å²) in [6.07, 6.45) is 0. The summed E-state index contributed by atoms with van der Waals surface area (Å²) in [6, 6.07) is 4.08. The molecular weight excluding hydrogens is 206 g/mol. The highest BCUT2D eigenvalue weighted by molar-refractivity contribution is 6.34. The average Bonchev–Trinajstić information content (AvgIpc) is 2.14. The van der Waals surface area contributed by atoms with Crippen molar-refractivity contribution in [1.82, 2.24) is 5.32 Å². The van der Waals surface area contributed by atoms with Crippen molar-refractivity contribution in [3.8, 4) is 5.75 Å². The standard InChI is InChI=1S/C9H10ClNO3/c10-8-5-6(13)1-2-7(8)9(14)11-3-4-12/h1-2,5,12-13H,3-4H2,(H,11,14). The van der Waals surface area contributed by atoms with Gasteiger partial charge in [0.25, 0.3) is 5.91 Å². The number of aliphatic hydroxyl groups is 1. The van der Waals surface area contributed by atoms with Crippen LogP contribution in [0.25, 0.3) is 0 Å². The van der Waals surface area contributed by atoms with Gasteiger partial charge in [0, 0.05) is 6.54 Å². The molecule has 0 radical (unpaired) electrons. The third-order valence-electron chi connectivity index (χ3n) is 1.59. The Morgan fingerprint density at radius 3 is 2.79 bits per heavy atom. The molecule has 14 heavy (non-hydrogen) atoms. The van der Waals surface area contributed by atoms with Gasteiger partial charge < -0.3 is 15.5 Å². The van der Waals surface area contributed by atoms with E-state index in [0.717, 1.165) is 0 Å². The van der Waals surface area contributed by atoms with E-state index in [1.807, 2.05) is 0 Å². The Morgan fingerprint density at radius 2 is 2.21 bits per heavy atom. The summed E-state index contributed by atoms with van der Waals surface area (Å²) >= 11 is 5.72. The highest BCUT2D eigenvalue weighted by atomic mass is 35.5. The maximum Gasteiger partial charge on any atom is 0.252 e. The van der Waals surface area contributed by atoms with Crippen molar-refractivity contribution >= 4 is 17.5 Å². The Morgan fingerprint density at radius 1 is 1.50 bits per heavy atom. The molecule has 0 spiro atoms. The van der Waals surface area contributed by atoms with Crippen LogP contribution in [0.4, 0.5) is 0 Å². The van der Waals surface area contributed by atoms with Gasteiger partial charge >= 0.3 is 0 Å². The molecule has 1 amide bonds. The molecule has 3 N–H and O–H groups in total. The van der Waals surface area contributed by atoms with E-state index in [1.54, 1.807) is 0 Å². The number of carbonyl (C=O) groups excluding carboxylic acids is 1. The Balaban J connectivity index is 2.80. The van der Waals surface area contributed by atoms with E-state index in [9.17, 15) is 4.79 Å². The van der Waals surface area contributed by atoms with Crippen LogP contribution in [-0.4, -0.2) is 29.3 Å². The fourth-order valence-electron chi connectivity index (χ4n) is 0.953. The van der Waals surface area contributed by atoms with E-state index in [0.29, 0.717) is 0 Å². The number of nitrogens with one attached hydrogen (secondary N) is 1. The molecule has 1 aromatic carbocycles. The molecule has 0 aliphatic rings. The van der Waals surface area contributed by atoms with Crippen LogP contribution in [0.15, 0.2) is 18.2 Å². The third kappa shape index (κ3) is 2.61. The lowest BCUT2D eigenvalue weighted by Gasteiger charge is -2.05. The molecule has 0 atom stereocenters. The number of hydrogen-bond acceptors (Lipinski definition) is 3. The van der Waals surface area contributed by atoms with Crippen molar-refractivity contribution in [3.63, 3.8) is 0 Å². The number of phenols is 1. The van der Waals surface area contributed by atoms with E-state index in [2.05, 4.69) is 5.32 Å². The number of benzene rings is 1. The number of halogens is 1. The number of aliphatic hydroxyl groups excluding tert-OH is 1. The normalized spacial score (nSPS) is 9.86. The fourth-order valence-corrected chi connectivity index (χ4v) is 1.21. The molecule has 0 aliphatic heterocycles. The van der Waals surface area contributed by atoms with Gasteiger partial charge in [-0.25, -0.2) is 0 Å². The summed E-state index contributed by atoms with van der Waals surface area (Å²) in [4.78, 5) is 11.3. The number of phenolic OH excluding ortho intramolecular Hbond substituents is 1. The van der Waals surface area contributed by atoms with Crippen LogP contribution in [-0.2, 0) is 0 Å². The summed E-state index contributed by atoms with van der Waals surface area (Å²) in [5.41, 5.74) is 0.276. The smallest absolute Gasteiger partial charge is 0.252 e. The predicted octanol–water partition coefficient (Wildman–Crippen LogP) is 0.768. The van der Waals surface area contributed by atoms with E-state index >= 15 is 0 Å². The zero-order chi connectivity index (χ0) is 10.6. The van der Waals surface area contributed by atoms with Gasteiger partial charge in [-0.05, 0) is 18.2 Å². The quantitative estimate of drug-likeness (QED) is 0.698. The maximum absolute atomic E-state index is 11.3. The number of hydrogen-bond donors (Lipinski definition) is 3. The SMILES string of the molecule is O=C(NCCO)c1ccc(O)cc1Cl. The monoisotopic (exact) mass is 215 g/mol. The minimum atomic E-state index is -0.371. The zero-order valence-electron chi connectivity index (χ0n) is 7.33. The molecule has 76 valence electrons. The molecule has 0 aliphatic carbocycles. The van der Waals surface area contributed by atoms with Crippen LogP contribution in [0.1, 0.15) is 10.4 Å². The summed E-state index contributed by atoms with van der Waals surface area (Å²) in [6.45, 7) is 0.0531. The first-order valence-electron chi connectivity index (χ1n) is 4.02. The second-order valence-electron chi connectivity index (χ2n) is 2.64. The first-order chi connectivity index (χ1) is 6.65. The Labute approximate surface area is 86.1 Å². The van der Waals surface area contributed by atoms with Gasteiger partial charge in [0.05, 0.1) is 17.2 Å².